The second-order valence-corrected chi connectivity index (χ2v) is 9.12. The van der Waals surface area contributed by atoms with Crippen molar-refractivity contribution in [2.45, 2.75) is 51.2 Å². The van der Waals surface area contributed by atoms with E-state index >= 15 is 0 Å². The minimum atomic E-state index is 0.0511. The summed E-state index contributed by atoms with van der Waals surface area (Å²) < 4.78 is 7.80. The maximum atomic E-state index is 5.69. The molecule has 1 saturated heterocycles. The minimum absolute atomic E-state index is 0.0511. The quantitative estimate of drug-likeness (QED) is 0.519. The highest BCUT2D eigenvalue weighted by Crippen LogP contribution is 2.35. The fourth-order valence-corrected chi connectivity index (χ4v) is 5.25. The molecule has 1 aliphatic heterocycles. The van der Waals surface area contributed by atoms with Gasteiger partial charge in [0.1, 0.15) is 5.75 Å². The van der Waals surface area contributed by atoms with E-state index in [0.29, 0.717) is 12.6 Å². The molecule has 2 aliphatic rings. The second kappa shape index (κ2) is 10.4. The third-order valence-corrected chi connectivity index (χ3v) is 6.96. The number of rotatable bonds is 8. The van der Waals surface area contributed by atoms with E-state index in [1.807, 2.05) is 6.92 Å². The van der Waals surface area contributed by atoms with Crippen LogP contribution in [-0.4, -0.2) is 62.8 Å². The Bertz CT molecular complexity index is 991. The average molecular weight is 447 g/mol. The summed E-state index contributed by atoms with van der Waals surface area (Å²) in [5, 5.41) is 13.2. The predicted molar refractivity (Wildman–Crippen MR) is 128 cm³/mol. The highest BCUT2D eigenvalue weighted by Gasteiger charge is 2.33. The zero-order valence-electron chi connectivity index (χ0n) is 19.5. The molecule has 0 N–H and O–H groups in total. The Hall–Kier alpha value is -2.77. The number of nitrogens with zero attached hydrogens (tertiary/aromatic N) is 6. The Kier molecular flexibility index (Phi) is 6.98. The van der Waals surface area contributed by atoms with Crippen molar-refractivity contribution in [3.05, 3.63) is 71.5 Å². The first-order valence-electron chi connectivity index (χ1n) is 12.3. The van der Waals surface area contributed by atoms with Crippen LogP contribution in [0, 0.1) is 0 Å². The monoisotopic (exact) mass is 446 g/mol. The van der Waals surface area contributed by atoms with Crippen LogP contribution in [0.3, 0.4) is 0 Å². The van der Waals surface area contributed by atoms with Crippen LogP contribution >= 0.6 is 0 Å². The summed E-state index contributed by atoms with van der Waals surface area (Å²) in [6.07, 6.45) is 4.85. The lowest BCUT2D eigenvalue weighted by molar-refractivity contribution is 0.0993. The molecule has 174 valence electrons. The maximum Gasteiger partial charge on any atom is 0.173 e. The standard InChI is InChI=1S/C26H34N6O/c1-2-33-24-14-12-22(13-15-24)25(26-27-28-29-32(26)23-10-6-7-11-23)31-18-16-30(17-19-31)20-21-8-4-3-5-9-21/h3-5,8-9,12-15,23,25H,2,6-7,10-11,16-20H2,1H3/t25-/m0/s1. The van der Waals surface area contributed by atoms with Crippen molar-refractivity contribution in [2.24, 2.45) is 0 Å². The molecular weight excluding hydrogens is 412 g/mol. The lowest BCUT2D eigenvalue weighted by Gasteiger charge is -2.39. The van der Waals surface area contributed by atoms with E-state index in [0.717, 1.165) is 44.3 Å². The predicted octanol–water partition coefficient (Wildman–Crippen LogP) is 4.09. The number of ether oxygens (including phenoxy) is 1. The van der Waals surface area contributed by atoms with Crippen molar-refractivity contribution in [2.75, 3.05) is 32.8 Å². The molecule has 0 spiro atoms. The molecule has 1 aromatic heterocycles. The highest BCUT2D eigenvalue weighted by molar-refractivity contribution is 5.32. The summed E-state index contributed by atoms with van der Waals surface area (Å²) in [5.41, 5.74) is 2.60. The van der Waals surface area contributed by atoms with E-state index in [2.05, 4.69) is 84.6 Å². The summed E-state index contributed by atoms with van der Waals surface area (Å²) in [7, 11) is 0. The Morgan fingerprint density at radius 2 is 1.67 bits per heavy atom. The summed E-state index contributed by atoms with van der Waals surface area (Å²) >= 11 is 0. The average Bonchev–Trinajstić information content (AvgIpc) is 3.55. The normalized spacial score (nSPS) is 19.1. The van der Waals surface area contributed by atoms with Crippen molar-refractivity contribution < 1.29 is 4.74 Å². The molecule has 2 fully saturated rings. The fraction of sp³-hybridized carbons (Fsp3) is 0.500. The van der Waals surface area contributed by atoms with Crippen LogP contribution in [-0.2, 0) is 6.54 Å². The van der Waals surface area contributed by atoms with E-state index in [1.165, 1.54) is 36.8 Å². The zero-order chi connectivity index (χ0) is 22.5. The topological polar surface area (TPSA) is 59.3 Å². The van der Waals surface area contributed by atoms with Crippen molar-refractivity contribution in [1.29, 1.82) is 0 Å². The van der Waals surface area contributed by atoms with Gasteiger partial charge in [0, 0.05) is 32.7 Å². The van der Waals surface area contributed by atoms with E-state index in [-0.39, 0.29) is 6.04 Å². The van der Waals surface area contributed by atoms with Gasteiger partial charge in [-0.15, -0.1) is 5.10 Å². The van der Waals surface area contributed by atoms with Gasteiger partial charge in [-0.05, 0) is 53.5 Å². The van der Waals surface area contributed by atoms with Crippen LogP contribution < -0.4 is 4.74 Å². The smallest absolute Gasteiger partial charge is 0.173 e. The largest absolute Gasteiger partial charge is 0.494 e. The van der Waals surface area contributed by atoms with E-state index in [9.17, 15) is 0 Å². The third kappa shape index (κ3) is 5.09. The van der Waals surface area contributed by atoms with Gasteiger partial charge < -0.3 is 4.74 Å². The van der Waals surface area contributed by atoms with Gasteiger partial charge >= 0.3 is 0 Å². The molecule has 33 heavy (non-hydrogen) atoms. The molecule has 2 heterocycles. The number of benzene rings is 2. The Labute approximate surface area is 196 Å². The second-order valence-electron chi connectivity index (χ2n) is 9.12. The van der Waals surface area contributed by atoms with Gasteiger partial charge in [0.2, 0.25) is 0 Å². The maximum absolute atomic E-state index is 5.69. The van der Waals surface area contributed by atoms with Crippen LogP contribution in [0.25, 0.3) is 0 Å². The summed E-state index contributed by atoms with van der Waals surface area (Å²) in [4.78, 5) is 5.09. The molecule has 1 saturated carbocycles. The number of hydrogen-bond donors (Lipinski definition) is 0. The van der Waals surface area contributed by atoms with Crippen LogP contribution in [0.4, 0.5) is 0 Å². The van der Waals surface area contributed by atoms with Gasteiger partial charge in [0.25, 0.3) is 0 Å². The van der Waals surface area contributed by atoms with Gasteiger partial charge in [-0.3, -0.25) is 9.80 Å². The molecule has 7 heteroatoms. The summed E-state index contributed by atoms with van der Waals surface area (Å²) in [6, 6.07) is 19.7. The minimum Gasteiger partial charge on any atom is -0.494 e. The van der Waals surface area contributed by atoms with Crippen molar-refractivity contribution in [3.8, 4) is 5.75 Å². The first-order chi connectivity index (χ1) is 16.3. The van der Waals surface area contributed by atoms with Gasteiger partial charge in [-0.1, -0.05) is 55.3 Å². The number of piperazine rings is 1. The van der Waals surface area contributed by atoms with E-state index in [1.54, 1.807) is 0 Å². The first-order valence-corrected chi connectivity index (χ1v) is 12.3. The van der Waals surface area contributed by atoms with E-state index < -0.39 is 0 Å². The van der Waals surface area contributed by atoms with Crippen LogP contribution in [0.5, 0.6) is 5.75 Å². The number of aromatic nitrogens is 4. The molecule has 3 aromatic rings. The lowest BCUT2D eigenvalue weighted by atomic mass is 10.0. The van der Waals surface area contributed by atoms with Crippen LogP contribution in [0.1, 0.15) is 61.6 Å². The van der Waals surface area contributed by atoms with Gasteiger partial charge in [0.05, 0.1) is 18.7 Å². The van der Waals surface area contributed by atoms with Crippen LogP contribution in [0.15, 0.2) is 54.6 Å². The number of hydrogen-bond acceptors (Lipinski definition) is 6. The summed E-state index contributed by atoms with van der Waals surface area (Å²) in [5.74, 6) is 1.88. The lowest BCUT2D eigenvalue weighted by Crippen LogP contribution is -2.48. The van der Waals surface area contributed by atoms with Crippen molar-refractivity contribution >= 4 is 0 Å². The molecule has 2 aromatic carbocycles. The SMILES string of the molecule is CCOc1ccc([C@@H](c2nnnn2C2CCCC2)N2CCN(Cc3ccccc3)CC2)cc1. The van der Waals surface area contributed by atoms with Crippen LogP contribution in [0.2, 0.25) is 0 Å². The van der Waals surface area contributed by atoms with Crippen molar-refractivity contribution in [3.63, 3.8) is 0 Å². The number of tetrazole rings is 1. The fourth-order valence-electron chi connectivity index (χ4n) is 5.25. The van der Waals surface area contributed by atoms with E-state index in [4.69, 9.17) is 4.74 Å². The molecule has 0 bridgehead atoms. The third-order valence-electron chi connectivity index (χ3n) is 6.96. The molecule has 1 atom stereocenters. The Morgan fingerprint density at radius 1 is 0.939 bits per heavy atom. The molecule has 5 rings (SSSR count). The molecule has 1 aliphatic carbocycles. The molecule has 7 nitrogen and oxygen atoms in total. The van der Waals surface area contributed by atoms with Crippen molar-refractivity contribution in [1.82, 2.24) is 30.0 Å². The first kappa shape index (κ1) is 22.0. The molecule has 0 unspecified atom stereocenters. The van der Waals surface area contributed by atoms with Gasteiger partial charge in [-0.25, -0.2) is 4.68 Å². The Morgan fingerprint density at radius 3 is 2.36 bits per heavy atom. The molecular formula is C26H34N6O. The molecule has 0 radical (unpaired) electrons. The van der Waals surface area contributed by atoms with Gasteiger partial charge in [-0.2, -0.15) is 0 Å². The Balaban J connectivity index is 1.37. The summed E-state index contributed by atoms with van der Waals surface area (Å²) in [6.45, 7) is 7.74. The molecule has 0 amide bonds. The zero-order valence-corrected chi connectivity index (χ0v) is 19.5. The highest BCUT2D eigenvalue weighted by atomic mass is 16.5. The van der Waals surface area contributed by atoms with Gasteiger partial charge in [0.15, 0.2) is 5.82 Å².